The quantitative estimate of drug-likeness (QED) is 0.742. The van der Waals surface area contributed by atoms with E-state index in [0.29, 0.717) is 12.6 Å². The van der Waals surface area contributed by atoms with Crippen LogP contribution in [0, 0.1) is 5.92 Å². The van der Waals surface area contributed by atoms with Crippen molar-refractivity contribution < 1.29 is 9.53 Å². The van der Waals surface area contributed by atoms with Gasteiger partial charge in [-0.1, -0.05) is 22.0 Å². The lowest BCUT2D eigenvalue weighted by molar-refractivity contribution is -0.124. The molecule has 27 heavy (non-hydrogen) atoms. The molecule has 2 aromatic rings. The number of fused-ring (bicyclic) bond motifs is 2. The first kappa shape index (κ1) is 18.4. The Kier molecular flexibility index (Phi) is 5.45. The second-order valence-corrected chi connectivity index (χ2v) is 8.07. The summed E-state index contributed by atoms with van der Waals surface area (Å²) < 4.78 is 6.70. The monoisotopic (exact) mass is 429 g/mol. The summed E-state index contributed by atoms with van der Waals surface area (Å²) in [6.07, 6.45) is 5.76. The Bertz CT molecular complexity index is 834. The van der Waals surface area contributed by atoms with E-state index in [9.17, 15) is 4.79 Å². The van der Waals surface area contributed by atoms with Gasteiger partial charge >= 0.3 is 0 Å². The molecule has 1 aromatic heterocycles. The summed E-state index contributed by atoms with van der Waals surface area (Å²) in [6, 6.07) is 9.94. The molecule has 142 valence electrons. The molecular formula is C21H24BrN3O2. The summed E-state index contributed by atoms with van der Waals surface area (Å²) in [6.45, 7) is 3.30. The molecule has 6 heteroatoms. The van der Waals surface area contributed by atoms with Gasteiger partial charge in [0.05, 0.1) is 24.0 Å². The Morgan fingerprint density at radius 3 is 2.89 bits per heavy atom. The molecule has 0 radical (unpaired) electrons. The van der Waals surface area contributed by atoms with Crippen LogP contribution in [-0.2, 0) is 16.1 Å². The fraction of sp³-hybridized carbons (Fsp3) is 0.429. The first-order valence-corrected chi connectivity index (χ1v) is 10.4. The Labute approximate surface area is 168 Å². The summed E-state index contributed by atoms with van der Waals surface area (Å²) in [7, 11) is 0. The third-order valence-corrected chi connectivity index (χ3v) is 5.91. The van der Waals surface area contributed by atoms with Crippen LogP contribution in [0.1, 0.15) is 38.2 Å². The lowest BCUT2D eigenvalue weighted by atomic mass is 9.86. The van der Waals surface area contributed by atoms with Crippen molar-refractivity contribution in [2.24, 2.45) is 5.92 Å². The van der Waals surface area contributed by atoms with Gasteiger partial charge in [0.1, 0.15) is 5.82 Å². The number of anilines is 3. The Morgan fingerprint density at radius 1 is 1.30 bits per heavy atom. The fourth-order valence-electron chi connectivity index (χ4n) is 4.02. The average molecular weight is 430 g/mol. The average Bonchev–Trinajstić information content (AvgIpc) is 2.85. The van der Waals surface area contributed by atoms with Crippen molar-refractivity contribution in [3.63, 3.8) is 0 Å². The minimum Gasteiger partial charge on any atom is -0.379 e. The molecule has 1 aliphatic carbocycles. The smallest absolute Gasteiger partial charge is 0.230 e. The zero-order valence-corrected chi connectivity index (χ0v) is 17.0. The van der Waals surface area contributed by atoms with Crippen LogP contribution in [0.4, 0.5) is 17.2 Å². The summed E-state index contributed by atoms with van der Waals surface area (Å²) in [5.41, 5.74) is 2.84. The molecule has 5 nitrogen and oxygen atoms in total. The first-order valence-electron chi connectivity index (χ1n) is 9.59. The number of nitrogens with zero attached hydrogens (tertiary/aromatic N) is 2. The number of benzene rings is 1. The predicted octanol–water partition coefficient (Wildman–Crippen LogP) is 5.03. The largest absolute Gasteiger partial charge is 0.379 e. The minimum absolute atomic E-state index is 0.0479. The summed E-state index contributed by atoms with van der Waals surface area (Å²) in [4.78, 5) is 19.9. The number of carbonyl (C=O) groups is 1. The maximum atomic E-state index is 13.5. The van der Waals surface area contributed by atoms with E-state index in [1.54, 1.807) is 6.20 Å². The molecule has 0 atom stereocenters. The van der Waals surface area contributed by atoms with Gasteiger partial charge in [-0.3, -0.25) is 4.79 Å². The highest BCUT2D eigenvalue weighted by atomic mass is 79.9. The summed E-state index contributed by atoms with van der Waals surface area (Å²) >= 11 is 3.55. The number of carbonyl (C=O) groups excluding carboxylic acids is 1. The Hall–Kier alpha value is -1.92. The lowest BCUT2D eigenvalue weighted by Crippen LogP contribution is -2.38. The molecule has 1 aromatic carbocycles. The Balaban J connectivity index is 1.63. The van der Waals surface area contributed by atoms with E-state index in [1.165, 1.54) is 0 Å². The van der Waals surface area contributed by atoms with Gasteiger partial charge < -0.3 is 15.0 Å². The van der Waals surface area contributed by atoms with Crippen LogP contribution in [0.5, 0.6) is 0 Å². The molecule has 1 aliphatic heterocycles. The molecule has 0 spiro atoms. The molecule has 0 saturated heterocycles. The van der Waals surface area contributed by atoms with E-state index in [0.717, 1.165) is 59.5 Å². The molecular weight excluding hydrogens is 406 g/mol. The molecule has 2 heterocycles. The highest BCUT2D eigenvalue weighted by molar-refractivity contribution is 9.10. The molecule has 2 aliphatic rings. The SMILES string of the molecule is CCO[C@H]1CC[C@H](C(=O)N2Cc3cccnc3Nc3ccc(Br)cc32)CC1. The van der Waals surface area contributed by atoms with Gasteiger partial charge in [0, 0.05) is 28.8 Å². The normalized spacial score (nSPS) is 21.6. The molecule has 0 unspecified atom stereocenters. The van der Waals surface area contributed by atoms with E-state index in [1.807, 2.05) is 42.2 Å². The number of ether oxygens (including phenoxy) is 1. The fourth-order valence-corrected chi connectivity index (χ4v) is 4.37. The van der Waals surface area contributed by atoms with Crippen LogP contribution in [0.2, 0.25) is 0 Å². The first-order chi connectivity index (χ1) is 13.2. The van der Waals surface area contributed by atoms with Gasteiger partial charge in [0.15, 0.2) is 0 Å². The number of pyridine rings is 1. The van der Waals surface area contributed by atoms with Crippen LogP contribution in [0.25, 0.3) is 0 Å². The Morgan fingerprint density at radius 2 is 2.11 bits per heavy atom. The van der Waals surface area contributed by atoms with Crippen molar-refractivity contribution >= 4 is 39.0 Å². The van der Waals surface area contributed by atoms with Gasteiger partial charge in [0.2, 0.25) is 5.91 Å². The second-order valence-electron chi connectivity index (χ2n) is 7.15. The van der Waals surface area contributed by atoms with Crippen LogP contribution >= 0.6 is 15.9 Å². The standard InChI is InChI=1S/C21H24BrN3O2/c1-2-27-17-8-5-14(6-9-17)21(26)25-13-15-4-3-11-23-20(15)24-18-10-7-16(22)12-19(18)25/h3-4,7,10-12,14,17H,2,5-6,8-9,13H2,1H3,(H,23,24)/t14-,17-. The molecule has 1 saturated carbocycles. The van der Waals surface area contributed by atoms with Crippen molar-refractivity contribution in [2.75, 3.05) is 16.8 Å². The minimum atomic E-state index is 0.0479. The topological polar surface area (TPSA) is 54.5 Å². The molecule has 1 N–H and O–H groups in total. The van der Waals surface area contributed by atoms with Gasteiger partial charge in [-0.25, -0.2) is 4.98 Å². The third kappa shape index (κ3) is 3.87. The molecule has 1 amide bonds. The van der Waals surface area contributed by atoms with Crippen molar-refractivity contribution in [1.29, 1.82) is 0 Å². The zero-order chi connectivity index (χ0) is 18.8. The van der Waals surface area contributed by atoms with Crippen LogP contribution in [0.3, 0.4) is 0 Å². The molecule has 0 bridgehead atoms. The van der Waals surface area contributed by atoms with Crippen molar-refractivity contribution in [3.8, 4) is 0 Å². The van der Waals surface area contributed by atoms with Crippen molar-refractivity contribution in [3.05, 3.63) is 46.6 Å². The number of amides is 1. The van der Waals surface area contributed by atoms with Gasteiger partial charge in [-0.05, 0) is 56.9 Å². The summed E-state index contributed by atoms with van der Waals surface area (Å²) in [5.74, 6) is 1.06. The summed E-state index contributed by atoms with van der Waals surface area (Å²) in [5, 5.41) is 3.40. The molecule has 1 fully saturated rings. The lowest BCUT2D eigenvalue weighted by Gasteiger charge is -2.32. The van der Waals surface area contributed by atoms with Crippen molar-refractivity contribution in [1.82, 2.24) is 4.98 Å². The van der Waals surface area contributed by atoms with E-state index >= 15 is 0 Å². The maximum absolute atomic E-state index is 13.5. The number of hydrogen-bond acceptors (Lipinski definition) is 4. The predicted molar refractivity (Wildman–Crippen MR) is 110 cm³/mol. The van der Waals surface area contributed by atoms with E-state index < -0.39 is 0 Å². The van der Waals surface area contributed by atoms with E-state index in [4.69, 9.17) is 4.74 Å². The number of aromatic nitrogens is 1. The van der Waals surface area contributed by atoms with Gasteiger partial charge in [-0.15, -0.1) is 0 Å². The van der Waals surface area contributed by atoms with Crippen molar-refractivity contribution in [2.45, 2.75) is 45.3 Å². The zero-order valence-electron chi connectivity index (χ0n) is 15.5. The second kappa shape index (κ2) is 7.98. The number of hydrogen-bond donors (Lipinski definition) is 1. The van der Waals surface area contributed by atoms with Crippen LogP contribution < -0.4 is 10.2 Å². The third-order valence-electron chi connectivity index (χ3n) is 5.42. The van der Waals surface area contributed by atoms with Gasteiger partial charge in [-0.2, -0.15) is 0 Å². The maximum Gasteiger partial charge on any atom is 0.230 e. The van der Waals surface area contributed by atoms with Crippen LogP contribution in [-0.4, -0.2) is 23.6 Å². The molecule has 4 rings (SSSR count). The highest BCUT2D eigenvalue weighted by Gasteiger charge is 2.33. The number of halogens is 1. The van der Waals surface area contributed by atoms with E-state index in [2.05, 4.69) is 26.2 Å². The van der Waals surface area contributed by atoms with Gasteiger partial charge in [0.25, 0.3) is 0 Å². The number of nitrogens with one attached hydrogen (secondary N) is 1. The highest BCUT2D eigenvalue weighted by Crippen LogP contribution is 2.39. The van der Waals surface area contributed by atoms with E-state index in [-0.39, 0.29) is 11.8 Å². The number of rotatable bonds is 3. The van der Waals surface area contributed by atoms with Crippen LogP contribution in [0.15, 0.2) is 41.0 Å².